The molecule has 1 unspecified atom stereocenters. The van der Waals surface area contributed by atoms with Gasteiger partial charge in [0.15, 0.2) is 0 Å². The molecule has 1 aromatic carbocycles. The van der Waals surface area contributed by atoms with Gasteiger partial charge >= 0.3 is 5.97 Å². The predicted octanol–water partition coefficient (Wildman–Crippen LogP) is 2.71. The standard InChI is InChI=1S/C13H16BrNO4S2/c1-13(5-2-6-20-13)8-15-21(18,19)11-7-9(12(16)17)3-4-10(11)14/h3-4,7,15H,2,5-6,8H2,1H3,(H,16,17). The molecule has 8 heteroatoms. The number of nitrogens with one attached hydrogen (secondary N) is 1. The summed E-state index contributed by atoms with van der Waals surface area (Å²) in [5, 5.41) is 8.98. The number of carboxylic acids is 1. The highest BCUT2D eigenvalue weighted by atomic mass is 79.9. The molecule has 1 aliphatic heterocycles. The molecule has 0 bridgehead atoms. The number of carboxylic acid groups (broad SMARTS) is 1. The molecule has 2 rings (SSSR count). The molecule has 0 amide bonds. The summed E-state index contributed by atoms with van der Waals surface area (Å²) in [6, 6.07) is 3.96. The van der Waals surface area contributed by atoms with E-state index in [0.717, 1.165) is 18.6 Å². The van der Waals surface area contributed by atoms with Crippen LogP contribution in [0.5, 0.6) is 0 Å². The van der Waals surface area contributed by atoms with E-state index in [1.807, 2.05) is 6.92 Å². The van der Waals surface area contributed by atoms with Gasteiger partial charge in [-0.25, -0.2) is 17.9 Å². The summed E-state index contributed by atoms with van der Waals surface area (Å²) < 4.78 is 27.6. The molecule has 21 heavy (non-hydrogen) atoms. The fourth-order valence-corrected chi connectivity index (χ4v) is 5.64. The maximum Gasteiger partial charge on any atom is 0.335 e. The van der Waals surface area contributed by atoms with E-state index in [9.17, 15) is 13.2 Å². The van der Waals surface area contributed by atoms with E-state index in [0.29, 0.717) is 11.0 Å². The van der Waals surface area contributed by atoms with E-state index >= 15 is 0 Å². The fraction of sp³-hybridized carbons (Fsp3) is 0.462. The first kappa shape index (κ1) is 16.8. The quantitative estimate of drug-likeness (QED) is 0.803. The Labute approximate surface area is 136 Å². The summed E-state index contributed by atoms with van der Waals surface area (Å²) in [7, 11) is -3.75. The highest BCUT2D eigenvalue weighted by Crippen LogP contribution is 2.37. The Morgan fingerprint density at radius 2 is 2.24 bits per heavy atom. The van der Waals surface area contributed by atoms with E-state index in [-0.39, 0.29) is 15.2 Å². The molecule has 1 aromatic rings. The van der Waals surface area contributed by atoms with Gasteiger partial charge in [0, 0.05) is 15.8 Å². The number of aromatic carboxylic acids is 1. The number of benzene rings is 1. The van der Waals surface area contributed by atoms with Gasteiger partial charge in [-0.15, -0.1) is 0 Å². The molecule has 0 saturated carbocycles. The number of hydrogen-bond acceptors (Lipinski definition) is 4. The second-order valence-corrected chi connectivity index (χ2v) is 9.45. The molecule has 1 heterocycles. The van der Waals surface area contributed by atoms with Gasteiger partial charge in [0.25, 0.3) is 0 Å². The van der Waals surface area contributed by atoms with Crippen molar-refractivity contribution in [2.75, 3.05) is 12.3 Å². The third-order valence-corrected chi connectivity index (χ3v) is 7.34. The lowest BCUT2D eigenvalue weighted by Crippen LogP contribution is -2.36. The van der Waals surface area contributed by atoms with Crippen LogP contribution in [0.1, 0.15) is 30.1 Å². The third-order valence-electron chi connectivity index (χ3n) is 3.40. The minimum absolute atomic E-state index is 0.0472. The van der Waals surface area contributed by atoms with Gasteiger partial charge in [-0.2, -0.15) is 11.8 Å². The van der Waals surface area contributed by atoms with Crippen molar-refractivity contribution >= 4 is 43.7 Å². The number of hydrogen-bond donors (Lipinski definition) is 2. The van der Waals surface area contributed by atoms with E-state index < -0.39 is 16.0 Å². The van der Waals surface area contributed by atoms with Crippen molar-refractivity contribution in [3.63, 3.8) is 0 Å². The van der Waals surface area contributed by atoms with Crippen molar-refractivity contribution in [1.82, 2.24) is 4.72 Å². The van der Waals surface area contributed by atoms with Gasteiger partial charge < -0.3 is 5.11 Å². The Kier molecular flexibility index (Phi) is 5.02. The fourth-order valence-electron chi connectivity index (χ4n) is 2.14. The number of sulfonamides is 1. The molecule has 1 fully saturated rings. The molecule has 2 N–H and O–H groups in total. The van der Waals surface area contributed by atoms with Gasteiger partial charge in [0.2, 0.25) is 10.0 Å². The molecule has 0 radical (unpaired) electrons. The molecule has 116 valence electrons. The van der Waals surface area contributed by atoms with Crippen LogP contribution in [0.25, 0.3) is 0 Å². The normalized spacial score (nSPS) is 22.4. The molecule has 5 nitrogen and oxygen atoms in total. The van der Waals surface area contributed by atoms with E-state index in [4.69, 9.17) is 5.11 Å². The maximum atomic E-state index is 12.4. The average molecular weight is 394 g/mol. The molecule has 0 aliphatic carbocycles. The van der Waals surface area contributed by atoms with Gasteiger partial charge in [0.1, 0.15) is 0 Å². The summed E-state index contributed by atoms with van der Waals surface area (Å²) in [6.07, 6.45) is 2.05. The van der Waals surface area contributed by atoms with Crippen LogP contribution in [0.2, 0.25) is 0 Å². The minimum atomic E-state index is -3.75. The Balaban J connectivity index is 2.23. The van der Waals surface area contributed by atoms with Gasteiger partial charge in [-0.05, 0) is 59.6 Å². The Bertz CT molecular complexity index is 654. The van der Waals surface area contributed by atoms with E-state index in [1.165, 1.54) is 18.2 Å². The molecule has 1 aliphatic rings. The van der Waals surface area contributed by atoms with Crippen LogP contribution in [0, 0.1) is 0 Å². The monoisotopic (exact) mass is 393 g/mol. The summed E-state index contributed by atoms with van der Waals surface area (Å²) in [6.45, 7) is 2.37. The van der Waals surface area contributed by atoms with Crippen LogP contribution < -0.4 is 4.72 Å². The molecule has 1 atom stereocenters. The smallest absolute Gasteiger partial charge is 0.335 e. The first-order valence-corrected chi connectivity index (χ1v) is 9.66. The molecular weight excluding hydrogens is 378 g/mol. The molecular formula is C13H16BrNO4S2. The second kappa shape index (κ2) is 6.28. The number of rotatable bonds is 5. The first-order valence-electron chi connectivity index (χ1n) is 6.40. The maximum absolute atomic E-state index is 12.4. The van der Waals surface area contributed by atoms with Crippen molar-refractivity contribution in [3.8, 4) is 0 Å². The zero-order chi connectivity index (χ0) is 15.7. The molecule has 0 spiro atoms. The molecule has 0 aromatic heterocycles. The van der Waals surface area contributed by atoms with Crippen LogP contribution >= 0.6 is 27.7 Å². The van der Waals surface area contributed by atoms with Gasteiger partial charge in [-0.1, -0.05) is 0 Å². The number of halogens is 1. The zero-order valence-corrected chi connectivity index (χ0v) is 14.6. The van der Waals surface area contributed by atoms with Crippen LogP contribution in [-0.4, -0.2) is 36.5 Å². The van der Waals surface area contributed by atoms with Crippen molar-refractivity contribution < 1.29 is 18.3 Å². The summed E-state index contributed by atoms with van der Waals surface area (Å²) in [5.74, 6) is -0.117. The van der Waals surface area contributed by atoms with E-state index in [2.05, 4.69) is 20.7 Å². The predicted molar refractivity (Wildman–Crippen MR) is 86.4 cm³/mol. The minimum Gasteiger partial charge on any atom is -0.478 e. The van der Waals surface area contributed by atoms with Gasteiger partial charge in [-0.3, -0.25) is 0 Å². The Morgan fingerprint density at radius 1 is 1.52 bits per heavy atom. The SMILES string of the molecule is CC1(CNS(=O)(=O)c2cc(C(=O)O)ccc2Br)CCCS1. The van der Waals surface area contributed by atoms with Gasteiger partial charge in [0.05, 0.1) is 10.5 Å². The Morgan fingerprint density at radius 3 is 2.81 bits per heavy atom. The van der Waals surface area contributed by atoms with E-state index in [1.54, 1.807) is 11.8 Å². The third kappa shape index (κ3) is 4.00. The summed E-state index contributed by atoms with van der Waals surface area (Å²) in [4.78, 5) is 10.9. The highest BCUT2D eigenvalue weighted by molar-refractivity contribution is 9.10. The zero-order valence-electron chi connectivity index (χ0n) is 11.4. The largest absolute Gasteiger partial charge is 0.478 e. The lowest BCUT2D eigenvalue weighted by Gasteiger charge is -2.23. The second-order valence-electron chi connectivity index (χ2n) is 5.18. The lowest BCUT2D eigenvalue weighted by atomic mass is 10.1. The Hall–Kier alpha value is -0.570. The van der Waals surface area contributed by atoms with Crippen LogP contribution in [0.3, 0.4) is 0 Å². The average Bonchev–Trinajstić information content (AvgIpc) is 2.84. The number of thioether (sulfide) groups is 1. The first-order chi connectivity index (χ1) is 9.73. The summed E-state index contributed by atoms with van der Waals surface area (Å²) >= 11 is 4.93. The van der Waals surface area contributed by atoms with Crippen LogP contribution in [0.15, 0.2) is 27.6 Å². The summed E-state index contributed by atoms with van der Waals surface area (Å²) in [5.41, 5.74) is -0.0555. The van der Waals surface area contributed by atoms with Crippen molar-refractivity contribution in [3.05, 3.63) is 28.2 Å². The van der Waals surface area contributed by atoms with Crippen LogP contribution in [0.4, 0.5) is 0 Å². The van der Waals surface area contributed by atoms with Crippen LogP contribution in [-0.2, 0) is 10.0 Å². The highest BCUT2D eigenvalue weighted by Gasteiger charge is 2.31. The topological polar surface area (TPSA) is 83.5 Å². The van der Waals surface area contributed by atoms with Crippen molar-refractivity contribution in [1.29, 1.82) is 0 Å². The van der Waals surface area contributed by atoms with Crippen molar-refractivity contribution in [2.45, 2.75) is 29.4 Å². The lowest BCUT2D eigenvalue weighted by molar-refractivity contribution is 0.0696. The number of carbonyl (C=O) groups is 1. The molecule has 1 saturated heterocycles. The van der Waals surface area contributed by atoms with Crippen molar-refractivity contribution in [2.24, 2.45) is 0 Å².